The van der Waals surface area contributed by atoms with Crippen LogP contribution in [0.1, 0.15) is 137 Å². The Kier molecular flexibility index (Phi) is 12.8. The zero-order valence-corrected chi connectivity index (χ0v) is 31.0. The molecule has 1 heterocycles. The van der Waals surface area contributed by atoms with Gasteiger partial charge in [-0.15, -0.1) is 0 Å². The predicted molar refractivity (Wildman–Crippen MR) is 204 cm³/mol. The fourth-order valence-corrected chi connectivity index (χ4v) is 11.6. The van der Waals surface area contributed by atoms with Gasteiger partial charge in [0, 0.05) is 12.6 Å². The van der Waals surface area contributed by atoms with Crippen molar-refractivity contribution < 1.29 is 0 Å². The zero-order chi connectivity index (χ0) is 32.6. The quantitative estimate of drug-likeness (QED) is 0.188. The summed E-state index contributed by atoms with van der Waals surface area (Å²) in [6, 6.07) is 0.527. The average Bonchev–Trinajstić information content (AvgIpc) is 3.67. The third kappa shape index (κ3) is 8.85. The number of rotatable bonds is 14. The predicted octanol–water partition coefficient (Wildman–Crippen LogP) is 11.8. The van der Waals surface area contributed by atoms with Gasteiger partial charge >= 0.3 is 0 Å². The van der Waals surface area contributed by atoms with Crippen LogP contribution < -0.4 is 5.32 Å². The van der Waals surface area contributed by atoms with Gasteiger partial charge in [0.1, 0.15) is 0 Å². The van der Waals surface area contributed by atoms with E-state index in [-0.39, 0.29) is 5.41 Å². The Morgan fingerprint density at radius 1 is 0.830 bits per heavy atom. The molecule has 2 saturated carbocycles. The summed E-state index contributed by atoms with van der Waals surface area (Å²) in [5.74, 6) is 9.49. The largest absolute Gasteiger partial charge is 0.310 e. The van der Waals surface area contributed by atoms with Crippen LogP contribution in [0, 0.1) is 70.5 Å². The van der Waals surface area contributed by atoms with Crippen LogP contribution in [-0.4, -0.2) is 25.3 Å². The van der Waals surface area contributed by atoms with Crippen LogP contribution in [0.25, 0.3) is 0 Å². The first-order valence-electron chi connectivity index (χ1n) is 20.8. The van der Waals surface area contributed by atoms with E-state index in [0.717, 1.165) is 72.3 Å². The summed E-state index contributed by atoms with van der Waals surface area (Å²) in [6.45, 7) is 12.4. The van der Waals surface area contributed by atoms with Gasteiger partial charge in [-0.1, -0.05) is 95.6 Å². The first-order chi connectivity index (χ1) is 22.9. The van der Waals surface area contributed by atoms with Gasteiger partial charge in [-0.2, -0.15) is 0 Å². The summed E-state index contributed by atoms with van der Waals surface area (Å²) in [5, 5.41) is 4.15. The van der Waals surface area contributed by atoms with Crippen molar-refractivity contribution in [2.24, 2.45) is 75.5 Å². The number of nitrogens with one attached hydrogen (secondary N) is 1. The van der Waals surface area contributed by atoms with Gasteiger partial charge in [-0.3, -0.25) is 4.99 Å². The number of hydrogen-bond donors (Lipinski definition) is 1. The van der Waals surface area contributed by atoms with Gasteiger partial charge in [0.25, 0.3) is 0 Å². The molecule has 0 spiro atoms. The first-order valence-corrected chi connectivity index (χ1v) is 20.8. The molecule has 0 aromatic rings. The molecule has 0 bridgehead atoms. The van der Waals surface area contributed by atoms with E-state index in [1.54, 1.807) is 0 Å². The monoisotopic (exact) mass is 641 g/mol. The number of aliphatic imine (C=N–C) groups is 1. The topological polar surface area (TPSA) is 24.4 Å². The van der Waals surface area contributed by atoms with Crippen molar-refractivity contribution in [1.82, 2.24) is 5.32 Å². The average molecular weight is 641 g/mol. The van der Waals surface area contributed by atoms with Gasteiger partial charge in [0.05, 0.1) is 0 Å². The zero-order valence-electron chi connectivity index (χ0n) is 31.0. The number of fused-ring (bicyclic) bond motifs is 2. The molecule has 0 radical (unpaired) electrons. The Hall–Kier alpha value is -1.41. The lowest BCUT2D eigenvalue weighted by molar-refractivity contribution is -0.00547. The second-order valence-corrected chi connectivity index (χ2v) is 17.8. The molecule has 0 amide bonds. The molecule has 1 N–H and O–H groups in total. The smallest absolute Gasteiger partial charge is 0.0419 e. The SMILES string of the molecule is CCC(C)(/C=C\CC(C)C1CC=NC1)C(CCC(C)C1CCC(C2CC=CCC2)C2CCCCC12)CNC1C=CC2CCC=CC2C1. The van der Waals surface area contributed by atoms with Crippen molar-refractivity contribution in [3.63, 3.8) is 0 Å². The summed E-state index contributed by atoms with van der Waals surface area (Å²) in [4.78, 5) is 4.54. The summed E-state index contributed by atoms with van der Waals surface area (Å²) >= 11 is 0. The number of hydrogen-bond acceptors (Lipinski definition) is 2. The molecule has 2 heteroatoms. The lowest BCUT2D eigenvalue weighted by Gasteiger charge is -2.51. The van der Waals surface area contributed by atoms with Gasteiger partial charge < -0.3 is 5.32 Å². The fourth-order valence-electron chi connectivity index (χ4n) is 11.6. The van der Waals surface area contributed by atoms with E-state index in [2.05, 4.69) is 92.8 Å². The molecule has 262 valence electrons. The van der Waals surface area contributed by atoms with Crippen molar-refractivity contribution in [3.8, 4) is 0 Å². The minimum atomic E-state index is 0.240. The second-order valence-electron chi connectivity index (χ2n) is 17.8. The van der Waals surface area contributed by atoms with Crippen LogP contribution in [0.4, 0.5) is 0 Å². The Balaban J connectivity index is 1.11. The van der Waals surface area contributed by atoms with Gasteiger partial charge in [-0.05, 0) is 173 Å². The Labute approximate surface area is 290 Å². The molecule has 0 saturated heterocycles. The van der Waals surface area contributed by atoms with Gasteiger partial charge in [-0.25, -0.2) is 0 Å². The van der Waals surface area contributed by atoms with E-state index in [0.29, 0.717) is 12.0 Å². The van der Waals surface area contributed by atoms with Crippen LogP contribution in [0.15, 0.2) is 53.6 Å². The van der Waals surface area contributed by atoms with Crippen LogP contribution in [-0.2, 0) is 0 Å². The summed E-state index contributed by atoms with van der Waals surface area (Å²) in [7, 11) is 0. The molecule has 0 aromatic heterocycles. The molecule has 13 unspecified atom stereocenters. The van der Waals surface area contributed by atoms with E-state index in [1.165, 1.54) is 109 Å². The molecular weight excluding hydrogens is 569 g/mol. The van der Waals surface area contributed by atoms with Crippen molar-refractivity contribution in [2.45, 2.75) is 143 Å². The van der Waals surface area contributed by atoms with Crippen LogP contribution in [0.5, 0.6) is 0 Å². The molecule has 5 aliphatic carbocycles. The fraction of sp³-hybridized carbons (Fsp3) is 0.800. The molecule has 2 fully saturated rings. The maximum atomic E-state index is 4.54. The summed E-state index contributed by atoms with van der Waals surface area (Å²) in [6.07, 6.45) is 45.9. The second kappa shape index (κ2) is 17.0. The van der Waals surface area contributed by atoms with Gasteiger partial charge in [0.15, 0.2) is 0 Å². The standard InChI is InChI=1S/C45H72N2/c1-5-45(4,28-13-14-33(2)38-27-29-46-31-38)39(32-47-40-24-22-35-15-9-10-18-37(35)30-40)23-21-34(3)41-25-26-42(36-16-7-6-8-17-36)44-20-12-11-19-43(41)44/h6-7,10,13,18,22,24,28-29,33-44,47H,5,8-9,11-12,14-17,19-21,23,25-27,30-32H2,1-4H3/b28-13-. The lowest BCUT2D eigenvalue weighted by atomic mass is 9.55. The van der Waals surface area contributed by atoms with Crippen LogP contribution in [0.3, 0.4) is 0 Å². The molecule has 6 aliphatic rings. The molecular formula is C45H72N2. The highest BCUT2D eigenvalue weighted by molar-refractivity contribution is 5.59. The minimum Gasteiger partial charge on any atom is -0.310 e. The number of allylic oxidation sites excluding steroid dienone is 7. The van der Waals surface area contributed by atoms with Crippen LogP contribution in [0.2, 0.25) is 0 Å². The third-order valence-corrected chi connectivity index (χ3v) is 15.2. The molecule has 0 aromatic carbocycles. The highest BCUT2D eigenvalue weighted by Gasteiger charge is 2.44. The van der Waals surface area contributed by atoms with Crippen molar-refractivity contribution in [3.05, 3.63) is 48.6 Å². The number of nitrogens with zero attached hydrogens (tertiary/aromatic N) is 1. The van der Waals surface area contributed by atoms with E-state index in [4.69, 9.17) is 0 Å². The highest BCUT2D eigenvalue weighted by atomic mass is 14.9. The Morgan fingerprint density at radius 2 is 1.68 bits per heavy atom. The summed E-state index contributed by atoms with van der Waals surface area (Å²) < 4.78 is 0. The first kappa shape index (κ1) is 35.4. The molecule has 1 aliphatic heterocycles. The van der Waals surface area contributed by atoms with Crippen molar-refractivity contribution in [2.75, 3.05) is 13.1 Å². The van der Waals surface area contributed by atoms with E-state index in [1.807, 2.05) is 0 Å². The van der Waals surface area contributed by atoms with Crippen molar-refractivity contribution in [1.29, 1.82) is 0 Å². The third-order valence-electron chi connectivity index (χ3n) is 15.2. The normalized spacial score (nSPS) is 38.5. The Bertz CT molecular complexity index is 1110. The van der Waals surface area contributed by atoms with E-state index in [9.17, 15) is 0 Å². The Morgan fingerprint density at radius 3 is 2.47 bits per heavy atom. The highest BCUT2D eigenvalue weighted by Crippen LogP contribution is 2.53. The van der Waals surface area contributed by atoms with Gasteiger partial charge in [0.2, 0.25) is 0 Å². The lowest BCUT2D eigenvalue weighted by Crippen LogP contribution is -2.43. The molecule has 2 nitrogen and oxygen atoms in total. The van der Waals surface area contributed by atoms with Crippen molar-refractivity contribution >= 4 is 6.21 Å². The molecule has 6 rings (SSSR count). The van der Waals surface area contributed by atoms with Crippen LogP contribution >= 0.6 is 0 Å². The van der Waals surface area contributed by atoms with E-state index >= 15 is 0 Å². The maximum absolute atomic E-state index is 4.54. The maximum Gasteiger partial charge on any atom is 0.0419 e. The minimum absolute atomic E-state index is 0.240. The molecule has 47 heavy (non-hydrogen) atoms. The molecule has 13 atom stereocenters. The van der Waals surface area contributed by atoms with E-state index < -0.39 is 0 Å². The summed E-state index contributed by atoms with van der Waals surface area (Å²) in [5.41, 5.74) is 0.240.